The minimum atomic E-state index is 0.180. The van der Waals surface area contributed by atoms with Crippen LogP contribution in [0.15, 0.2) is 36.4 Å². The predicted molar refractivity (Wildman–Crippen MR) is 104 cm³/mol. The molecular weight excluding hydrogens is 488 g/mol. The SMILES string of the molecule is Ic1ccc2c(c1)c1cc(I)ccc1n2C1CCCCO1. The minimum absolute atomic E-state index is 0.180. The molecule has 4 rings (SSSR count). The second-order valence-electron chi connectivity index (χ2n) is 5.51. The van der Waals surface area contributed by atoms with E-state index in [1.165, 1.54) is 41.8 Å². The van der Waals surface area contributed by atoms with Crippen LogP contribution in [0.25, 0.3) is 21.8 Å². The van der Waals surface area contributed by atoms with E-state index in [0.29, 0.717) is 0 Å². The van der Waals surface area contributed by atoms with Crippen LogP contribution in [0.4, 0.5) is 0 Å². The predicted octanol–water partition coefficient (Wildman–Crippen LogP) is 5.70. The van der Waals surface area contributed by atoms with E-state index in [-0.39, 0.29) is 6.23 Å². The van der Waals surface area contributed by atoms with Crippen LogP contribution < -0.4 is 0 Å². The average Bonchev–Trinajstić information content (AvgIpc) is 2.81. The highest BCUT2D eigenvalue weighted by molar-refractivity contribution is 14.1. The molecule has 1 aromatic heterocycles. The van der Waals surface area contributed by atoms with E-state index in [1.54, 1.807) is 0 Å². The Hall–Kier alpha value is -0.340. The molecule has 1 aliphatic rings. The van der Waals surface area contributed by atoms with Crippen LogP contribution in [-0.2, 0) is 4.74 Å². The van der Waals surface area contributed by atoms with Gasteiger partial charge in [0.2, 0.25) is 0 Å². The lowest BCUT2D eigenvalue weighted by Gasteiger charge is -2.25. The number of benzene rings is 2. The molecule has 4 heteroatoms. The van der Waals surface area contributed by atoms with Crippen LogP contribution in [0.3, 0.4) is 0 Å². The summed E-state index contributed by atoms with van der Waals surface area (Å²) in [5, 5.41) is 2.68. The first kappa shape index (κ1) is 14.3. The Morgan fingerprint density at radius 1 is 0.905 bits per heavy atom. The van der Waals surface area contributed by atoms with E-state index in [1.807, 2.05) is 0 Å². The molecule has 21 heavy (non-hydrogen) atoms. The van der Waals surface area contributed by atoms with Gasteiger partial charge in [-0.2, -0.15) is 0 Å². The van der Waals surface area contributed by atoms with Gasteiger partial charge in [-0.1, -0.05) is 0 Å². The van der Waals surface area contributed by atoms with Crippen LogP contribution in [0.5, 0.6) is 0 Å². The molecule has 2 heterocycles. The summed E-state index contributed by atoms with van der Waals surface area (Å²) < 4.78 is 11.0. The van der Waals surface area contributed by atoms with Crippen LogP contribution in [-0.4, -0.2) is 11.2 Å². The molecule has 2 aromatic carbocycles. The molecule has 1 unspecified atom stereocenters. The van der Waals surface area contributed by atoms with Crippen molar-refractivity contribution in [1.29, 1.82) is 0 Å². The van der Waals surface area contributed by atoms with Gasteiger partial charge < -0.3 is 9.30 Å². The molecule has 0 saturated carbocycles. The molecule has 0 bridgehead atoms. The highest BCUT2D eigenvalue weighted by Gasteiger charge is 2.21. The minimum Gasteiger partial charge on any atom is -0.358 e. The van der Waals surface area contributed by atoms with Gasteiger partial charge in [-0.15, -0.1) is 0 Å². The van der Waals surface area contributed by atoms with Crippen molar-refractivity contribution in [3.8, 4) is 0 Å². The Bertz CT molecular complexity index is 759. The van der Waals surface area contributed by atoms with Gasteiger partial charge in [0, 0.05) is 24.5 Å². The molecule has 1 aliphatic heterocycles. The van der Waals surface area contributed by atoms with E-state index in [2.05, 4.69) is 86.1 Å². The van der Waals surface area contributed by atoms with Crippen molar-refractivity contribution in [3.63, 3.8) is 0 Å². The van der Waals surface area contributed by atoms with Gasteiger partial charge in [-0.05, 0) is 101 Å². The maximum absolute atomic E-state index is 6.06. The lowest BCUT2D eigenvalue weighted by Crippen LogP contribution is -2.17. The summed E-state index contributed by atoms with van der Waals surface area (Å²) in [6.07, 6.45) is 3.72. The molecule has 0 radical (unpaired) electrons. The van der Waals surface area contributed by atoms with E-state index in [4.69, 9.17) is 4.74 Å². The second kappa shape index (κ2) is 5.70. The number of fused-ring (bicyclic) bond motifs is 3. The lowest BCUT2D eigenvalue weighted by molar-refractivity contribution is -0.0267. The molecule has 3 aromatic rings. The second-order valence-corrected chi connectivity index (χ2v) is 8.01. The van der Waals surface area contributed by atoms with Crippen molar-refractivity contribution in [2.24, 2.45) is 0 Å². The average molecular weight is 503 g/mol. The Balaban J connectivity index is 2.06. The standard InChI is InChI=1S/C17H15I2NO/c18-11-4-6-15-13(9-11)14-10-12(19)5-7-16(14)20(15)17-3-1-2-8-21-17/h4-7,9-10,17H,1-3,8H2. The first-order valence-corrected chi connectivity index (χ1v) is 9.40. The third kappa shape index (κ3) is 2.49. The molecule has 1 fully saturated rings. The van der Waals surface area contributed by atoms with E-state index in [0.717, 1.165) is 13.0 Å². The highest BCUT2D eigenvalue weighted by atomic mass is 127. The van der Waals surface area contributed by atoms with Crippen molar-refractivity contribution in [2.45, 2.75) is 25.5 Å². The largest absolute Gasteiger partial charge is 0.358 e. The first-order valence-electron chi connectivity index (χ1n) is 7.24. The normalized spacial score (nSPS) is 19.4. The summed E-state index contributed by atoms with van der Waals surface area (Å²) in [5.74, 6) is 0. The number of ether oxygens (including phenoxy) is 1. The van der Waals surface area contributed by atoms with Gasteiger partial charge >= 0.3 is 0 Å². The molecular formula is C17H15I2NO. The fraction of sp³-hybridized carbons (Fsp3) is 0.294. The number of halogens is 2. The summed E-state index contributed by atoms with van der Waals surface area (Å²) in [5.41, 5.74) is 2.58. The van der Waals surface area contributed by atoms with Crippen molar-refractivity contribution in [3.05, 3.63) is 43.5 Å². The maximum Gasteiger partial charge on any atom is 0.134 e. The molecule has 1 atom stereocenters. The van der Waals surface area contributed by atoms with Crippen molar-refractivity contribution >= 4 is 67.0 Å². The van der Waals surface area contributed by atoms with E-state index >= 15 is 0 Å². The van der Waals surface area contributed by atoms with Gasteiger partial charge in [0.1, 0.15) is 6.23 Å². The quantitative estimate of drug-likeness (QED) is 0.389. The fourth-order valence-electron chi connectivity index (χ4n) is 3.24. The van der Waals surface area contributed by atoms with Crippen molar-refractivity contribution in [2.75, 3.05) is 6.61 Å². The summed E-state index contributed by atoms with van der Waals surface area (Å²) >= 11 is 4.78. The lowest BCUT2D eigenvalue weighted by atomic mass is 10.2. The molecule has 2 nitrogen and oxygen atoms in total. The van der Waals surface area contributed by atoms with Gasteiger partial charge in [0.05, 0.1) is 11.0 Å². The summed E-state index contributed by atoms with van der Waals surface area (Å²) in [4.78, 5) is 0. The zero-order valence-corrected chi connectivity index (χ0v) is 15.8. The van der Waals surface area contributed by atoms with Gasteiger partial charge in [0.25, 0.3) is 0 Å². The number of rotatable bonds is 1. The topological polar surface area (TPSA) is 14.2 Å². The number of aromatic nitrogens is 1. The Labute approximate surface area is 151 Å². The monoisotopic (exact) mass is 503 g/mol. The molecule has 0 amide bonds. The van der Waals surface area contributed by atoms with Gasteiger partial charge in [0.15, 0.2) is 0 Å². The molecule has 1 saturated heterocycles. The molecule has 0 N–H and O–H groups in total. The molecule has 108 valence electrons. The number of hydrogen-bond acceptors (Lipinski definition) is 1. The Morgan fingerprint density at radius 3 is 2.05 bits per heavy atom. The van der Waals surface area contributed by atoms with Crippen molar-refractivity contribution in [1.82, 2.24) is 4.57 Å². The zero-order chi connectivity index (χ0) is 14.4. The van der Waals surface area contributed by atoms with Crippen LogP contribution in [0, 0.1) is 7.14 Å². The summed E-state index contributed by atoms with van der Waals surface area (Å²) in [7, 11) is 0. The molecule has 0 spiro atoms. The smallest absolute Gasteiger partial charge is 0.134 e. The first-order chi connectivity index (χ1) is 10.2. The third-order valence-corrected chi connectivity index (χ3v) is 5.51. The Kier molecular flexibility index (Phi) is 3.87. The highest BCUT2D eigenvalue weighted by Crippen LogP contribution is 2.36. The van der Waals surface area contributed by atoms with E-state index in [9.17, 15) is 0 Å². The van der Waals surface area contributed by atoms with Crippen LogP contribution >= 0.6 is 45.2 Å². The fourth-order valence-corrected chi connectivity index (χ4v) is 4.22. The number of hydrogen-bond donors (Lipinski definition) is 0. The maximum atomic E-state index is 6.06. The number of nitrogens with zero attached hydrogens (tertiary/aromatic N) is 1. The van der Waals surface area contributed by atoms with Gasteiger partial charge in [-0.3, -0.25) is 0 Å². The Morgan fingerprint density at radius 2 is 1.52 bits per heavy atom. The third-order valence-electron chi connectivity index (χ3n) is 4.17. The van der Waals surface area contributed by atoms with Crippen LogP contribution in [0.2, 0.25) is 0 Å². The van der Waals surface area contributed by atoms with Gasteiger partial charge in [-0.25, -0.2) is 0 Å². The van der Waals surface area contributed by atoms with E-state index < -0.39 is 0 Å². The molecule has 0 aliphatic carbocycles. The zero-order valence-electron chi connectivity index (χ0n) is 11.5. The van der Waals surface area contributed by atoms with Crippen LogP contribution in [0.1, 0.15) is 25.5 Å². The summed E-state index contributed by atoms with van der Waals surface area (Å²) in [6, 6.07) is 13.4. The van der Waals surface area contributed by atoms with Crippen molar-refractivity contribution < 1.29 is 4.74 Å². The summed E-state index contributed by atoms with van der Waals surface area (Å²) in [6.45, 7) is 0.876.